The zero-order valence-electron chi connectivity index (χ0n) is 14.9. The average Bonchev–Trinajstić information content (AvgIpc) is 2.59. The van der Waals surface area contributed by atoms with Crippen molar-refractivity contribution in [1.82, 2.24) is 4.90 Å². The molecule has 138 valence electrons. The quantitative estimate of drug-likeness (QED) is 0.747. The molecule has 1 amide bonds. The van der Waals surface area contributed by atoms with Gasteiger partial charge in [-0.15, -0.1) is 0 Å². The highest BCUT2D eigenvalue weighted by molar-refractivity contribution is 7.91. The molecule has 0 bridgehead atoms. The van der Waals surface area contributed by atoms with Crippen LogP contribution in [0.5, 0.6) is 0 Å². The number of esters is 1. The molecular weight excluding hydrogens is 342 g/mol. The van der Waals surface area contributed by atoms with Gasteiger partial charge in [0.25, 0.3) is 5.91 Å². The monoisotopic (exact) mass is 367 g/mol. The predicted octanol–water partition coefficient (Wildman–Crippen LogP) is 2.43. The van der Waals surface area contributed by atoms with Crippen LogP contribution in [0, 0.1) is 0 Å². The molecule has 1 aliphatic heterocycles. The van der Waals surface area contributed by atoms with Crippen molar-refractivity contribution in [1.29, 1.82) is 0 Å². The lowest BCUT2D eigenvalue weighted by atomic mass is 9.97. The SMILES string of the molecule is CCS(=O)(=O)c1ccccc1C(=O)OCC(=O)N1[C@H](C)CCC[C@@H]1C. The lowest BCUT2D eigenvalue weighted by Gasteiger charge is -2.38. The first-order valence-electron chi connectivity index (χ1n) is 8.58. The molecule has 0 unspecified atom stereocenters. The van der Waals surface area contributed by atoms with Crippen LogP contribution in [0.2, 0.25) is 0 Å². The molecule has 0 spiro atoms. The Morgan fingerprint density at radius 3 is 2.36 bits per heavy atom. The Morgan fingerprint density at radius 1 is 1.16 bits per heavy atom. The molecule has 1 aliphatic rings. The molecule has 1 aromatic carbocycles. The number of hydrogen-bond donors (Lipinski definition) is 0. The second-order valence-corrected chi connectivity index (χ2v) is 8.65. The van der Waals surface area contributed by atoms with Crippen molar-refractivity contribution in [3.63, 3.8) is 0 Å². The number of rotatable bonds is 5. The van der Waals surface area contributed by atoms with Gasteiger partial charge in [0.2, 0.25) is 0 Å². The van der Waals surface area contributed by atoms with E-state index in [1.54, 1.807) is 17.0 Å². The number of nitrogens with zero attached hydrogens (tertiary/aromatic N) is 1. The topological polar surface area (TPSA) is 80.7 Å². The summed E-state index contributed by atoms with van der Waals surface area (Å²) in [4.78, 5) is 26.4. The first kappa shape index (κ1) is 19.4. The molecule has 0 aromatic heterocycles. The maximum absolute atomic E-state index is 12.4. The summed E-state index contributed by atoms with van der Waals surface area (Å²) >= 11 is 0. The molecule has 2 atom stereocenters. The third-order valence-corrected chi connectivity index (χ3v) is 6.42. The van der Waals surface area contributed by atoms with E-state index in [4.69, 9.17) is 4.74 Å². The van der Waals surface area contributed by atoms with E-state index in [2.05, 4.69) is 0 Å². The maximum atomic E-state index is 12.4. The van der Waals surface area contributed by atoms with E-state index >= 15 is 0 Å². The number of likely N-dealkylation sites (tertiary alicyclic amines) is 1. The summed E-state index contributed by atoms with van der Waals surface area (Å²) in [7, 11) is -3.55. The molecule has 2 rings (SSSR count). The van der Waals surface area contributed by atoms with E-state index in [9.17, 15) is 18.0 Å². The number of ether oxygens (including phenoxy) is 1. The smallest absolute Gasteiger partial charge is 0.339 e. The average molecular weight is 367 g/mol. The Labute approximate surface area is 149 Å². The van der Waals surface area contributed by atoms with Gasteiger partial charge in [-0.3, -0.25) is 4.79 Å². The molecule has 1 aromatic rings. The highest BCUT2D eigenvalue weighted by Crippen LogP contribution is 2.23. The molecule has 1 heterocycles. The third-order valence-electron chi connectivity index (χ3n) is 4.63. The van der Waals surface area contributed by atoms with Crippen LogP contribution in [0.25, 0.3) is 0 Å². The van der Waals surface area contributed by atoms with E-state index in [1.807, 2.05) is 13.8 Å². The summed E-state index contributed by atoms with van der Waals surface area (Å²) in [5.41, 5.74) is -0.0307. The standard InChI is InChI=1S/C18H25NO5S/c1-4-25(22,23)16-11-6-5-10-15(16)18(21)24-12-17(20)19-13(2)8-7-9-14(19)3/h5-6,10-11,13-14H,4,7-9,12H2,1-3H3/t13-,14+. The van der Waals surface area contributed by atoms with Gasteiger partial charge in [0.15, 0.2) is 16.4 Å². The second kappa shape index (κ2) is 7.99. The normalized spacial score (nSPS) is 21.0. The second-order valence-electron chi connectivity index (χ2n) is 6.41. The Hall–Kier alpha value is -1.89. The summed E-state index contributed by atoms with van der Waals surface area (Å²) in [6.07, 6.45) is 2.94. The summed E-state index contributed by atoms with van der Waals surface area (Å²) in [6, 6.07) is 6.14. The summed E-state index contributed by atoms with van der Waals surface area (Å²) in [5, 5.41) is 0. The molecule has 25 heavy (non-hydrogen) atoms. The largest absolute Gasteiger partial charge is 0.452 e. The molecule has 0 aliphatic carbocycles. The van der Waals surface area contributed by atoms with E-state index in [-0.39, 0.29) is 40.8 Å². The fraction of sp³-hybridized carbons (Fsp3) is 0.556. The first-order valence-corrected chi connectivity index (χ1v) is 10.2. The summed E-state index contributed by atoms with van der Waals surface area (Å²) in [6.45, 7) is 5.10. The number of carbonyl (C=O) groups is 2. The highest BCUT2D eigenvalue weighted by atomic mass is 32.2. The third kappa shape index (κ3) is 4.39. The summed E-state index contributed by atoms with van der Waals surface area (Å²) < 4.78 is 29.4. The molecular formula is C18H25NO5S. The minimum absolute atomic E-state index is 0.0307. The van der Waals surface area contributed by atoms with Gasteiger partial charge in [0.1, 0.15) is 0 Å². The van der Waals surface area contributed by atoms with Gasteiger partial charge >= 0.3 is 5.97 Å². The van der Waals surface area contributed by atoms with Gasteiger partial charge in [-0.2, -0.15) is 0 Å². The Balaban J connectivity index is 2.10. The predicted molar refractivity (Wildman–Crippen MR) is 94.1 cm³/mol. The van der Waals surface area contributed by atoms with Crippen LogP contribution in [-0.2, 0) is 19.4 Å². The lowest BCUT2D eigenvalue weighted by molar-refractivity contribution is -0.140. The van der Waals surface area contributed by atoms with Crippen LogP contribution in [0.4, 0.5) is 0 Å². The van der Waals surface area contributed by atoms with E-state index in [1.165, 1.54) is 19.1 Å². The summed E-state index contributed by atoms with van der Waals surface area (Å²) in [5.74, 6) is -1.15. The molecule has 1 saturated heterocycles. The van der Waals surface area contributed by atoms with Crippen LogP contribution in [0.15, 0.2) is 29.2 Å². The Bertz CT molecular complexity index is 734. The number of sulfone groups is 1. The van der Waals surface area contributed by atoms with Crippen molar-refractivity contribution in [2.45, 2.75) is 57.0 Å². The van der Waals surface area contributed by atoms with Crippen LogP contribution in [0.3, 0.4) is 0 Å². The molecule has 0 N–H and O–H groups in total. The maximum Gasteiger partial charge on any atom is 0.339 e. The fourth-order valence-corrected chi connectivity index (χ4v) is 4.34. The lowest BCUT2D eigenvalue weighted by Crippen LogP contribution is -2.49. The van der Waals surface area contributed by atoms with Crippen molar-refractivity contribution in [3.8, 4) is 0 Å². The van der Waals surface area contributed by atoms with Gasteiger partial charge in [-0.05, 0) is 45.2 Å². The van der Waals surface area contributed by atoms with Gasteiger partial charge in [0.05, 0.1) is 16.2 Å². The zero-order valence-corrected chi connectivity index (χ0v) is 15.7. The Morgan fingerprint density at radius 2 is 1.76 bits per heavy atom. The van der Waals surface area contributed by atoms with E-state index < -0.39 is 15.8 Å². The van der Waals surface area contributed by atoms with Gasteiger partial charge in [-0.1, -0.05) is 19.1 Å². The van der Waals surface area contributed by atoms with Crippen molar-refractivity contribution >= 4 is 21.7 Å². The molecule has 1 fully saturated rings. The number of benzene rings is 1. The highest BCUT2D eigenvalue weighted by Gasteiger charge is 2.30. The van der Waals surface area contributed by atoms with Crippen LogP contribution >= 0.6 is 0 Å². The van der Waals surface area contributed by atoms with E-state index in [0.29, 0.717) is 0 Å². The molecule has 0 saturated carbocycles. The van der Waals surface area contributed by atoms with E-state index in [0.717, 1.165) is 19.3 Å². The van der Waals surface area contributed by atoms with Crippen LogP contribution in [-0.4, -0.2) is 49.6 Å². The van der Waals surface area contributed by atoms with Crippen LogP contribution in [0.1, 0.15) is 50.4 Å². The number of piperidine rings is 1. The molecule has 0 radical (unpaired) electrons. The van der Waals surface area contributed by atoms with Gasteiger partial charge in [-0.25, -0.2) is 13.2 Å². The van der Waals surface area contributed by atoms with Crippen molar-refractivity contribution < 1.29 is 22.7 Å². The van der Waals surface area contributed by atoms with Gasteiger partial charge in [0, 0.05) is 12.1 Å². The molecule has 6 nitrogen and oxygen atoms in total. The number of carbonyl (C=O) groups excluding carboxylic acids is 2. The molecule has 7 heteroatoms. The Kier molecular flexibility index (Phi) is 6.21. The van der Waals surface area contributed by atoms with Crippen LogP contribution < -0.4 is 0 Å². The zero-order chi connectivity index (χ0) is 18.6. The van der Waals surface area contributed by atoms with Gasteiger partial charge < -0.3 is 9.64 Å². The number of amides is 1. The van der Waals surface area contributed by atoms with Crippen molar-refractivity contribution in [3.05, 3.63) is 29.8 Å². The fourth-order valence-electron chi connectivity index (χ4n) is 3.25. The van der Waals surface area contributed by atoms with Crippen molar-refractivity contribution in [2.24, 2.45) is 0 Å². The van der Waals surface area contributed by atoms with Crippen molar-refractivity contribution in [2.75, 3.05) is 12.4 Å². The minimum Gasteiger partial charge on any atom is -0.452 e. The first-order chi connectivity index (χ1) is 11.8. The minimum atomic E-state index is -3.55. The number of hydrogen-bond acceptors (Lipinski definition) is 5.